The summed E-state index contributed by atoms with van der Waals surface area (Å²) in [5.74, 6) is -0.799. The van der Waals surface area contributed by atoms with Crippen LogP contribution in [-0.2, 0) is 46.4 Å². The number of fused-ring (bicyclic) bond motifs is 4. The summed E-state index contributed by atoms with van der Waals surface area (Å²) in [6.45, 7) is -6.61. The first-order valence-corrected chi connectivity index (χ1v) is 20.9. The third kappa shape index (κ3) is 6.75. The first kappa shape index (κ1) is 34.8. The third-order valence-electron chi connectivity index (χ3n) is 9.25. The molecule has 2 aliphatic heterocycles. The number of imidazole rings is 2. The van der Waals surface area contributed by atoms with E-state index in [1.165, 1.54) is 23.5 Å². The van der Waals surface area contributed by atoms with E-state index in [2.05, 4.69) is 35.2 Å². The van der Waals surface area contributed by atoms with Gasteiger partial charge in [-0.15, -0.1) is 0 Å². The first-order valence-electron chi connectivity index (χ1n) is 15.7. The van der Waals surface area contributed by atoms with Crippen LogP contribution in [0.4, 0.5) is 10.2 Å². The second-order valence-electron chi connectivity index (χ2n) is 12.3. The average Bonchev–Trinajstić information content (AvgIpc) is 3.80. The summed E-state index contributed by atoms with van der Waals surface area (Å²) in [5, 5.41) is 2.70. The second-order valence-corrected chi connectivity index (χ2v) is 17.9. The summed E-state index contributed by atoms with van der Waals surface area (Å²) in [6.07, 6.45) is 0.0664. The van der Waals surface area contributed by atoms with E-state index < -0.39 is 50.6 Å². The Hall–Kier alpha value is -3.26. The molecule has 22 heteroatoms. The molecule has 0 radical (unpaired) electrons. The number of aryl methyl sites for hydroxylation is 1. The second kappa shape index (κ2) is 13.6. The Bertz CT molecular complexity index is 2220. The van der Waals surface area contributed by atoms with Crippen LogP contribution in [0.2, 0.25) is 0 Å². The van der Waals surface area contributed by atoms with Crippen LogP contribution in [0.3, 0.4) is 0 Å². The number of benzene rings is 1. The van der Waals surface area contributed by atoms with Gasteiger partial charge in [-0.1, -0.05) is 18.2 Å². The molecule has 1 aromatic carbocycles. The van der Waals surface area contributed by atoms with Crippen molar-refractivity contribution in [2.24, 2.45) is 11.8 Å². The van der Waals surface area contributed by atoms with Crippen molar-refractivity contribution in [3.8, 4) is 0 Å². The minimum Gasteiger partial charge on any atom is -0.346 e. The Morgan fingerprint density at radius 1 is 0.902 bits per heavy atom. The molecule has 8 rings (SSSR count). The highest BCUT2D eigenvalue weighted by Crippen LogP contribution is 2.55. The number of aromatic nitrogens is 8. The maximum absolute atomic E-state index is 16.4. The minimum absolute atomic E-state index is 0.0153. The number of carbonyl (C=O) groups excluding carboxylic acids is 1. The molecule has 2 unspecified atom stereocenters. The number of hydrogen-bond donors (Lipinski definition) is 3. The molecule has 3 N–H and O–H groups in total. The Balaban J connectivity index is 1.02. The van der Waals surface area contributed by atoms with E-state index in [0.717, 1.165) is 5.69 Å². The Kier molecular flexibility index (Phi) is 9.29. The van der Waals surface area contributed by atoms with Crippen LogP contribution in [0.5, 0.6) is 0 Å². The molecule has 51 heavy (non-hydrogen) atoms. The molecule has 1 saturated carbocycles. The lowest BCUT2D eigenvalue weighted by atomic mass is 9.70. The molecule has 9 atom stereocenters. The quantitative estimate of drug-likeness (QED) is 0.224. The highest BCUT2D eigenvalue weighted by Gasteiger charge is 2.51. The molecule has 17 nitrogen and oxygen atoms in total. The van der Waals surface area contributed by atoms with Gasteiger partial charge in [-0.25, -0.2) is 34.3 Å². The van der Waals surface area contributed by atoms with Crippen molar-refractivity contribution in [3.05, 3.63) is 66.9 Å². The number of ether oxygens (including phenoxy) is 1. The van der Waals surface area contributed by atoms with Crippen LogP contribution in [-0.4, -0.2) is 92.9 Å². The van der Waals surface area contributed by atoms with Crippen LogP contribution in [0.1, 0.15) is 34.7 Å². The van der Waals surface area contributed by atoms with E-state index in [1.807, 2.05) is 11.5 Å². The number of amides is 1. The number of hydrogen-bond acceptors (Lipinski definition) is 14. The topological polar surface area (TPSA) is 203 Å². The molecule has 0 spiro atoms. The smallest absolute Gasteiger partial charge is 0.324 e. The van der Waals surface area contributed by atoms with E-state index >= 15 is 4.39 Å². The zero-order valence-corrected chi connectivity index (χ0v) is 30.0. The number of nitrogens with zero attached hydrogens (tertiary/aromatic N) is 8. The van der Waals surface area contributed by atoms with Crippen molar-refractivity contribution in [2.75, 3.05) is 25.1 Å². The van der Waals surface area contributed by atoms with Gasteiger partial charge in [-0.3, -0.25) is 13.9 Å². The van der Waals surface area contributed by atoms with Gasteiger partial charge in [0.1, 0.15) is 30.4 Å². The molecule has 2 saturated heterocycles. The number of nitrogens with one attached hydrogen (secondary N) is 1. The molecule has 5 aromatic rings. The Labute approximate surface area is 299 Å². The average molecular weight is 778 g/mol. The van der Waals surface area contributed by atoms with Gasteiger partial charge >= 0.3 is 13.4 Å². The number of rotatable bonds is 4. The van der Waals surface area contributed by atoms with Gasteiger partial charge in [-0.05, 0) is 55.0 Å². The maximum Gasteiger partial charge on any atom is 0.324 e. The van der Waals surface area contributed by atoms with Crippen molar-refractivity contribution >= 4 is 71.1 Å². The third-order valence-corrected chi connectivity index (χ3v) is 12.4. The Morgan fingerprint density at radius 2 is 1.59 bits per heavy atom. The van der Waals surface area contributed by atoms with Gasteiger partial charge in [0.05, 0.1) is 38.2 Å². The zero-order chi connectivity index (χ0) is 35.5. The molecule has 1 aliphatic carbocycles. The lowest BCUT2D eigenvalue weighted by Gasteiger charge is -2.45. The fraction of sp³-hybridized carbons (Fsp3) is 0.414. The van der Waals surface area contributed by atoms with E-state index in [1.54, 1.807) is 36.7 Å². The molecule has 4 aromatic heterocycles. The van der Waals surface area contributed by atoms with E-state index in [-0.39, 0.29) is 48.1 Å². The lowest BCUT2D eigenvalue weighted by Crippen LogP contribution is -2.43. The van der Waals surface area contributed by atoms with Gasteiger partial charge in [0.2, 0.25) is 0 Å². The van der Waals surface area contributed by atoms with Crippen LogP contribution in [0, 0.1) is 18.8 Å². The molecule has 6 heterocycles. The molecule has 0 bridgehead atoms. The van der Waals surface area contributed by atoms with Crippen LogP contribution in [0.25, 0.3) is 22.3 Å². The lowest BCUT2D eigenvalue weighted by molar-refractivity contribution is -0.0427. The SMILES string of the molecule is Cc1ncnc2c1ncn2[C@@H]1C[C@@H]2COP(O)(=S)O[C@H]3[C@H](F)[C@H](n4cnc5c(NC(=O)c6ccccc6)ncnc54)O[C@@H]3COP(O)(=S)OC[C@H]21. The fourth-order valence-corrected chi connectivity index (χ4v) is 9.20. The largest absolute Gasteiger partial charge is 0.346 e. The summed E-state index contributed by atoms with van der Waals surface area (Å²) < 4.78 is 48.7. The van der Waals surface area contributed by atoms with Gasteiger partial charge in [0, 0.05) is 17.5 Å². The Morgan fingerprint density at radius 3 is 2.39 bits per heavy atom. The minimum atomic E-state index is -4.05. The van der Waals surface area contributed by atoms with Crippen LogP contribution >= 0.6 is 13.4 Å². The van der Waals surface area contributed by atoms with Gasteiger partial charge in [-0.2, -0.15) is 0 Å². The molecule has 1 amide bonds. The molecular weight excluding hydrogens is 747 g/mol. The normalized spacial score (nSPS) is 33.0. The fourth-order valence-electron chi connectivity index (χ4n) is 6.58. The van der Waals surface area contributed by atoms with Crippen molar-refractivity contribution in [2.45, 2.75) is 44.0 Å². The molecule has 3 fully saturated rings. The van der Waals surface area contributed by atoms with E-state index in [0.29, 0.717) is 23.1 Å². The number of carbonyl (C=O) groups is 1. The van der Waals surface area contributed by atoms with Gasteiger partial charge < -0.3 is 38.0 Å². The number of halogens is 1. The van der Waals surface area contributed by atoms with Crippen LogP contribution in [0.15, 0.2) is 55.6 Å². The maximum atomic E-state index is 16.4. The van der Waals surface area contributed by atoms with Crippen molar-refractivity contribution in [3.63, 3.8) is 0 Å². The summed E-state index contributed by atoms with van der Waals surface area (Å²) >= 11 is 10.7. The zero-order valence-electron chi connectivity index (χ0n) is 26.6. The summed E-state index contributed by atoms with van der Waals surface area (Å²) in [5.41, 5.74) is 2.75. The first-order chi connectivity index (χ1) is 24.5. The highest BCUT2D eigenvalue weighted by molar-refractivity contribution is 8.07. The summed E-state index contributed by atoms with van der Waals surface area (Å²) in [6, 6.07) is 8.36. The standard InChI is InChI=1S/C29H30FN9O8P2S2/c1-15-22-26(33-11-31-15)38(13-35-22)19-7-17-8-43-49(42,51)47-24-20(10-45-48(41,50)44-9-18(17)19)46-29(21(24)30)39-14-36-23-25(32-12-34-27(23)39)37-28(40)16-5-3-2-4-6-16/h2-6,11-14,17-21,24,29H,7-10H2,1H3,(H,41,50)(H,42,51)(H,32,34,37,40)/t17-,18-,19-,20-,21+,24-,29-,48?,49?/m1/s1. The number of anilines is 1. The molecule has 268 valence electrons. The van der Waals surface area contributed by atoms with E-state index in [9.17, 15) is 14.6 Å². The number of alkyl halides is 1. The molecule has 3 aliphatic rings. The predicted octanol–water partition coefficient (Wildman–Crippen LogP) is 3.52. The highest BCUT2D eigenvalue weighted by atomic mass is 32.5. The predicted molar refractivity (Wildman–Crippen MR) is 185 cm³/mol. The summed E-state index contributed by atoms with van der Waals surface area (Å²) in [4.78, 5) is 60.8. The monoisotopic (exact) mass is 777 g/mol. The van der Waals surface area contributed by atoms with Gasteiger partial charge in [0.25, 0.3) is 5.91 Å². The van der Waals surface area contributed by atoms with Gasteiger partial charge in [0.15, 0.2) is 35.0 Å². The molecular formula is C29H30FN9O8P2S2. The van der Waals surface area contributed by atoms with Crippen molar-refractivity contribution in [1.82, 2.24) is 39.0 Å². The van der Waals surface area contributed by atoms with Crippen molar-refractivity contribution < 1.29 is 41.8 Å². The van der Waals surface area contributed by atoms with Crippen molar-refractivity contribution in [1.29, 1.82) is 0 Å². The van der Waals surface area contributed by atoms with E-state index in [4.69, 9.17) is 46.4 Å². The summed E-state index contributed by atoms with van der Waals surface area (Å²) in [7, 11) is 0. The van der Waals surface area contributed by atoms with Crippen LogP contribution < -0.4 is 5.32 Å².